The standard InChI is InChI=1S/4N3.Na.W/c4*1-3-2;;/q4*-1;;+4. The zero-order chi connectivity index (χ0) is 10.2. The maximum absolute atomic E-state index is 8.04. The Morgan fingerprint density at radius 2 is 0.857 bits per heavy atom. The molecule has 0 saturated heterocycles. The van der Waals surface area contributed by atoms with Crippen LogP contribution in [0.1, 0.15) is 0 Å². The van der Waals surface area contributed by atoms with Crippen molar-refractivity contribution in [3.63, 3.8) is 0 Å². The summed E-state index contributed by atoms with van der Waals surface area (Å²) in [5.74, 6) is 0. The maximum Gasteiger partial charge on any atom is 0 e. The van der Waals surface area contributed by atoms with Crippen molar-refractivity contribution in [3.05, 3.63) is 41.8 Å². The van der Waals surface area contributed by atoms with Crippen LogP contribution < -0.4 is 0 Å². The Bertz CT molecular complexity index is 290. The minimum atomic E-state index is -4.71. The second kappa shape index (κ2) is 8.52. The Kier molecular flexibility index (Phi) is 9.38. The Hall–Kier alpha value is -1.07. The Morgan fingerprint density at radius 1 is 0.643 bits per heavy atom. The summed E-state index contributed by atoms with van der Waals surface area (Å²) < 4.78 is 11.8. The van der Waals surface area contributed by atoms with Gasteiger partial charge in [-0.3, -0.25) is 0 Å². The molecule has 12 nitrogen and oxygen atoms in total. The molecular weight excluding hydrogens is 375 g/mol. The summed E-state index contributed by atoms with van der Waals surface area (Å²) in [4.78, 5) is 9.15. The van der Waals surface area contributed by atoms with E-state index in [4.69, 9.17) is 22.1 Å². The second-order valence-corrected chi connectivity index (χ2v) is 7.04. The van der Waals surface area contributed by atoms with E-state index in [0.717, 1.165) is 0 Å². The first-order valence-electron chi connectivity index (χ1n) is 2.33. The minimum Gasteiger partial charge on any atom is 0 e. The van der Waals surface area contributed by atoms with Crippen molar-refractivity contribution in [1.29, 1.82) is 0 Å². The van der Waals surface area contributed by atoms with E-state index in [1.165, 1.54) is 0 Å². The van der Waals surface area contributed by atoms with Crippen molar-refractivity contribution in [2.45, 2.75) is 0 Å². The molecule has 0 aliphatic heterocycles. The van der Waals surface area contributed by atoms with Gasteiger partial charge < -0.3 is 0 Å². The van der Waals surface area contributed by atoms with Crippen molar-refractivity contribution in [3.8, 4) is 0 Å². The van der Waals surface area contributed by atoms with Gasteiger partial charge in [0.25, 0.3) is 0 Å². The summed E-state index contributed by atoms with van der Waals surface area (Å²) >= 11 is -4.71. The average Bonchev–Trinajstić information content (AvgIpc) is 2.06. The van der Waals surface area contributed by atoms with Gasteiger partial charge in [-0.1, -0.05) is 0 Å². The summed E-state index contributed by atoms with van der Waals surface area (Å²) in [6, 6.07) is 0. The van der Waals surface area contributed by atoms with Gasteiger partial charge in [-0.05, 0) is 0 Å². The average molecular weight is 375 g/mol. The van der Waals surface area contributed by atoms with Gasteiger partial charge >= 0.3 is 73.5 Å². The molecule has 0 N–H and O–H groups in total. The van der Waals surface area contributed by atoms with Crippen LogP contribution >= 0.6 is 0 Å². The topological polar surface area (TPSA) is 195 Å². The van der Waals surface area contributed by atoms with E-state index in [0.29, 0.717) is 0 Å². The van der Waals surface area contributed by atoms with Crippen LogP contribution in [0.25, 0.3) is 41.8 Å². The molecule has 0 aromatic rings. The summed E-state index contributed by atoms with van der Waals surface area (Å²) in [5, 5.41) is 0. The van der Waals surface area contributed by atoms with Gasteiger partial charge in [0.1, 0.15) is 0 Å². The number of nitrogens with zero attached hydrogens (tertiary/aromatic N) is 12. The molecule has 0 aliphatic carbocycles. The third-order valence-electron chi connectivity index (χ3n) is 0.584. The Morgan fingerprint density at radius 3 is 1.00 bits per heavy atom. The summed E-state index contributed by atoms with van der Waals surface area (Å²) in [7, 11) is 0. The smallest absolute Gasteiger partial charge is 0 e. The number of hydrogen-bond donors (Lipinski definition) is 0. The van der Waals surface area contributed by atoms with Crippen LogP contribution in [-0.2, 0) is 17.1 Å². The number of rotatable bonds is 4. The van der Waals surface area contributed by atoms with Crippen molar-refractivity contribution >= 4 is 29.6 Å². The first kappa shape index (κ1) is 15.4. The molecule has 0 heterocycles. The molecule has 0 aliphatic rings. The maximum atomic E-state index is 8.04. The molecule has 0 bridgehead atoms. The first-order chi connectivity index (χ1) is 6.24. The van der Waals surface area contributed by atoms with E-state index in [-0.39, 0.29) is 29.6 Å². The van der Waals surface area contributed by atoms with Crippen LogP contribution in [0, 0.1) is 0 Å². The number of azide groups is 1. The van der Waals surface area contributed by atoms with Crippen LogP contribution in [0.2, 0.25) is 0 Å². The first-order valence-corrected chi connectivity index (χ1v) is 7.58. The van der Waals surface area contributed by atoms with Gasteiger partial charge in [-0.15, -0.1) is 0 Å². The van der Waals surface area contributed by atoms with Crippen molar-refractivity contribution in [1.82, 2.24) is 0 Å². The summed E-state index contributed by atoms with van der Waals surface area (Å²) in [5.41, 5.74) is 32.2. The molecule has 0 saturated carbocycles. The van der Waals surface area contributed by atoms with Gasteiger partial charge in [0, 0.05) is 29.6 Å². The molecule has 67 valence electrons. The Balaban J connectivity index is 0. The van der Waals surface area contributed by atoms with E-state index in [2.05, 4.69) is 34.3 Å². The predicted octanol–water partition coefficient (Wildman–Crippen LogP) is 2.66. The Labute approximate surface area is 102 Å². The SMILES string of the molecule is [N-]=[N+]=[N][W]([N]=[N+]=[N-])([N]=[N+]=[N-])[N]=[N+]=[N-].[Na]. The van der Waals surface area contributed by atoms with Crippen LogP contribution in [0.5, 0.6) is 0 Å². The molecule has 14 heteroatoms. The predicted molar refractivity (Wildman–Crippen MR) is 42.3 cm³/mol. The van der Waals surface area contributed by atoms with E-state index in [1.807, 2.05) is 0 Å². The van der Waals surface area contributed by atoms with E-state index in [1.54, 1.807) is 0 Å². The molecule has 0 spiro atoms. The van der Waals surface area contributed by atoms with E-state index in [9.17, 15) is 0 Å². The third-order valence-corrected chi connectivity index (χ3v) is 4.78. The zero-order valence-corrected chi connectivity index (χ0v) is 11.7. The third kappa shape index (κ3) is 4.83. The molecule has 0 fully saturated rings. The van der Waals surface area contributed by atoms with E-state index >= 15 is 0 Å². The zero-order valence-electron chi connectivity index (χ0n) is 6.77. The van der Waals surface area contributed by atoms with Crippen LogP contribution in [0.3, 0.4) is 0 Å². The molecule has 0 atom stereocenters. The largest absolute Gasteiger partial charge is 0 e. The van der Waals surface area contributed by atoms with Crippen LogP contribution in [0.15, 0.2) is 14.7 Å². The molecule has 0 aromatic carbocycles. The fraction of sp³-hybridized carbons (Fsp3) is 0. The molecule has 0 aromatic heterocycles. The quantitative estimate of drug-likeness (QED) is 0.302. The monoisotopic (exact) mass is 375 g/mol. The molecule has 0 rings (SSSR count). The molecule has 1 radical (unpaired) electrons. The van der Waals surface area contributed by atoms with Crippen molar-refractivity contribution < 1.29 is 17.1 Å². The molecule has 14 heavy (non-hydrogen) atoms. The van der Waals surface area contributed by atoms with Gasteiger partial charge in [0.2, 0.25) is 0 Å². The number of hydrogen-bond acceptors (Lipinski definition) is 4. The fourth-order valence-electron chi connectivity index (χ4n) is 0.294. The van der Waals surface area contributed by atoms with Crippen LogP contribution in [0.4, 0.5) is 0 Å². The van der Waals surface area contributed by atoms with Crippen molar-refractivity contribution in [2.75, 3.05) is 0 Å². The van der Waals surface area contributed by atoms with Crippen molar-refractivity contribution in [2.24, 2.45) is 14.7 Å². The van der Waals surface area contributed by atoms with Gasteiger partial charge in [0.15, 0.2) is 0 Å². The molecular formula is N12NaW. The van der Waals surface area contributed by atoms with E-state index < -0.39 is 17.1 Å². The minimum absolute atomic E-state index is 0. The van der Waals surface area contributed by atoms with Gasteiger partial charge in [-0.25, -0.2) is 0 Å². The fourth-order valence-corrected chi connectivity index (χ4v) is 2.41. The second-order valence-electron chi connectivity index (χ2n) is 1.17. The van der Waals surface area contributed by atoms with Crippen LogP contribution in [-0.4, -0.2) is 29.6 Å². The summed E-state index contributed by atoms with van der Waals surface area (Å²) in [6.45, 7) is 0. The molecule has 0 amide bonds. The van der Waals surface area contributed by atoms with Gasteiger partial charge in [0.05, 0.1) is 0 Å². The molecule has 0 unspecified atom stereocenters. The van der Waals surface area contributed by atoms with Gasteiger partial charge in [-0.2, -0.15) is 0 Å². The normalized spacial score (nSPS) is 13.1. The summed E-state index contributed by atoms with van der Waals surface area (Å²) in [6.07, 6.45) is 0.